The number of nitrogens with zero attached hydrogens (tertiary/aromatic N) is 5. The van der Waals surface area contributed by atoms with Crippen LogP contribution in [0.5, 0.6) is 0 Å². The standard InChI is InChI=1S/C19H25N5O2.C2HF3O2/c1-23-13-20-17-10-24(19(25)15-6-7-21-22-8-15)9-16(18(17)23)12-26-11-14-4-2-3-5-14;3-2(4,5)1(6)7/h6-8,13-14,16H,2-5,9-12H2,1H3;(H,6,7). The highest BCUT2D eigenvalue weighted by atomic mass is 19.4. The van der Waals surface area contributed by atoms with Crippen LogP contribution in [0.2, 0.25) is 0 Å². The lowest BCUT2D eigenvalue weighted by molar-refractivity contribution is -0.192. The number of amides is 1. The summed E-state index contributed by atoms with van der Waals surface area (Å²) in [5.74, 6) is -1.94. The molecule has 0 bridgehead atoms. The van der Waals surface area contributed by atoms with Gasteiger partial charge in [-0.15, -0.1) is 0 Å². The fraction of sp³-hybridized carbons (Fsp3) is 0.571. The van der Waals surface area contributed by atoms with Crippen molar-refractivity contribution in [3.8, 4) is 0 Å². The molecule has 0 radical (unpaired) electrons. The fourth-order valence-corrected chi connectivity index (χ4v) is 4.17. The van der Waals surface area contributed by atoms with Crippen molar-refractivity contribution in [3.63, 3.8) is 0 Å². The van der Waals surface area contributed by atoms with Gasteiger partial charge in [-0.05, 0) is 24.8 Å². The monoisotopic (exact) mass is 469 g/mol. The highest BCUT2D eigenvalue weighted by Crippen LogP contribution is 2.30. The number of carbonyl (C=O) groups excluding carboxylic acids is 1. The first-order valence-electron chi connectivity index (χ1n) is 10.6. The molecule has 1 N–H and O–H groups in total. The number of carbonyl (C=O) groups is 2. The first-order valence-corrected chi connectivity index (χ1v) is 10.6. The summed E-state index contributed by atoms with van der Waals surface area (Å²) in [6, 6.07) is 1.70. The van der Waals surface area contributed by atoms with Crippen LogP contribution in [0.15, 0.2) is 24.8 Å². The van der Waals surface area contributed by atoms with Crippen molar-refractivity contribution in [2.24, 2.45) is 13.0 Å². The van der Waals surface area contributed by atoms with Crippen molar-refractivity contribution < 1.29 is 32.6 Å². The van der Waals surface area contributed by atoms with E-state index in [0.29, 0.717) is 31.2 Å². The van der Waals surface area contributed by atoms with Crippen LogP contribution in [-0.2, 0) is 23.1 Å². The molecule has 1 fully saturated rings. The van der Waals surface area contributed by atoms with E-state index in [9.17, 15) is 18.0 Å². The van der Waals surface area contributed by atoms with Gasteiger partial charge >= 0.3 is 12.1 Å². The number of aryl methyl sites for hydroxylation is 1. The maximum absolute atomic E-state index is 12.8. The largest absolute Gasteiger partial charge is 0.490 e. The number of rotatable bonds is 5. The minimum absolute atomic E-state index is 0.0306. The summed E-state index contributed by atoms with van der Waals surface area (Å²) in [6.45, 7) is 2.61. The number of aliphatic carboxylic acids is 1. The maximum Gasteiger partial charge on any atom is 0.490 e. The van der Waals surface area contributed by atoms with Crippen molar-refractivity contribution in [3.05, 3.63) is 41.7 Å². The molecule has 2 aromatic rings. The lowest BCUT2D eigenvalue weighted by Gasteiger charge is -2.33. The zero-order chi connectivity index (χ0) is 24.0. The van der Waals surface area contributed by atoms with E-state index in [0.717, 1.165) is 12.3 Å². The minimum atomic E-state index is -5.08. The Labute approximate surface area is 188 Å². The molecule has 2 aromatic heterocycles. The molecule has 1 unspecified atom stereocenters. The number of imidazole rings is 1. The second kappa shape index (κ2) is 10.7. The van der Waals surface area contributed by atoms with Crippen LogP contribution >= 0.6 is 0 Å². The van der Waals surface area contributed by atoms with Crippen LogP contribution in [0.1, 0.15) is 53.3 Å². The van der Waals surface area contributed by atoms with E-state index >= 15 is 0 Å². The third-order valence-corrected chi connectivity index (χ3v) is 5.74. The van der Waals surface area contributed by atoms with E-state index < -0.39 is 12.1 Å². The molecule has 1 aliphatic carbocycles. The molecule has 12 heteroatoms. The van der Waals surface area contributed by atoms with Gasteiger partial charge in [-0.2, -0.15) is 23.4 Å². The maximum atomic E-state index is 12.8. The van der Waals surface area contributed by atoms with E-state index in [1.54, 1.807) is 12.3 Å². The molecule has 0 spiro atoms. The van der Waals surface area contributed by atoms with Gasteiger partial charge in [0.15, 0.2) is 0 Å². The fourth-order valence-electron chi connectivity index (χ4n) is 4.17. The SMILES string of the molecule is Cn1cnc2c1C(COCC1CCCC1)CN(C(=O)c1ccnnc1)C2.O=C(O)C(F)(F)F. The number of carboxylic acid groups (broad SMARTS) is 1. The molecule has 0 saturated heterocycles. The second-order valence-electron chi connectivity index (χ2n) is 8.19. The van der Waals surface area contributed by atoms with Gasteiger partial charge in [0.25, 0.3) is 5.91 Å². The third-order valence-electron chi connectivity index (χ3n) is 5.74. The van der Waals surface area contributed by atoms with Gasteiger partial charge < -0.3 is 19.3 Å². The highest BCUT2D eigenvalue weighted by molar-refractivity contribution is 5.93. The van der Waals surface area contributed by atoms with Gasteiger partial charge in [0, 0.05) is 31.8 Å². The quantitative estimate of drug-likeness (QED) is 0.717. The van der Waals surface area contributed by atoms with E-state index in [1.165, 1.54) is 37.6 Å². The number of aromatic nitrogens is 4. The number of ether oxygens (including phenoxy) is 1. The summed E-state index contributed by atoms with van der Waals surface area (Å²) in [4.78, 5) is 28.1. The molecule has 4 rings (SSSR count). The number of hydrogen-bond donors (Lipinski definition) is 1. The first-order chi connectivity index (χ1) is 15.7. The van der Waals surface area contributed by atoms with Crippen LogP contribution in [-0.4, -0.2) is 67.6 Å². The Bertz CT molecular complexity index is 945. The molecule has 0 aromatic carbocycles. The molecule has 9 nitrogen and oxygen atoms in total. The zero-order valence-corrected chi connectivity index (χ0v) is 18.2. The molecule has 3 heterocycles. The summed E-state index contributed by atoms with van der Waals surface area (Å²) >= 11 is 0. The van der Waals surface area contributed by atoms with Crippen LogP contribution in [0.4, 0.5) is 13.2 Å². The van der Waals surface area contributed by atoms with Gasteiger partial charge in [0.1, 0.15) is 0 Å². The summed E-state index contributed by atoms with van der Waals surface area (Å²) in [7, 11) is 2.01. The number of carboxylic acids is 1. The smallest absolute Gasteiger partial charge is 0.475 e. The molecule has 2 aliphatic rings. The van der Waals surface area contributed by atoms with E-state index in [2.05, 4.69) is 19.7 Å². The number of fused-ring (bicyclic) bond motifs is 1. The van der Waals surface area contributed by atoms with Crippen molar-refractivity contribution in [1.29, 1.82) is 0 Å². The highest BCUT2D eigenvalue weighted by Gasteiger charge is 2.38. The number of hydrogen-bond acceptors (Lipinski definition) is 6. The Morgan fingerprint density at radius 3 is 2.52 bits per heavy atom. The van der Waals surface area contributed by atoms with Gasteiger partial charge in [0.05, 0.1) is 43.1 Å². The predicted molar refractivity (Wildman–Crippen MR) is 109 cm³/mol. The normalized spacial score (nSPS) is 18.4. The number of alkyl halides is 3. The van der Waals surface area contributed by atoms with E-state index in [1.807, 2.05) is 18.3 Å². The Morgan fingerprint density at radius 2 is 1.91 bits per heavy atom. The predicted octanol–water partition coefficient (Wildman–Crippen LogP) is 2.79. The lowest BCUT2D eigenvalue weighted by Crippen LogP contribution is -2.40. The van der Waals surface area contributed by atoms with Crippen molar-refractivity contribution in [2.75, 3.05) is 19.8 Å². The molecule has 1 saturated carbocycles. The van der Waals surface area contributed by atoms with Gasteiger partial charge in [-0.3, -0.25) is 4.79 Å². The van der Waals surface area contributed by atoms with Crippen LogP contribution < -0.4 is 0 Å². The van der Waals surface area contributed by atoms with Crippen LogP contribution in [0.25, 0.3) is 0 Å². The van der Waals surface area contributed by atoms with Crippen LogP contribution in [0, 0.1) is 5.92 Å². The van der Waals surface area contributed by atoms with Crippen molar-refractivity contribution in [2.45, 2.75) is 44.3 Å². The Hall–Kier alpha value is -3.02. The molecular formula is C21H26F3N5O4. The lowest BCUT2D eigenvalue weighted by atomic mass is 9.98. The zero-order valence-electron chi connectivity index (χ0n) is 18.2. The van der Waals surface area contributed by atoms with Gasteiger partial charge in [0.2, 0.25) is 0 Å². The molecular weight excluding hydrogens is 443 g/mol. The van der Waals surface area contributed by atoms with Gasteiger partial charge in [-0.1, -0.05) is 12.8 Å². The average molecular weight is 469 g/mol. The topological polar surface area (TPSA) is 110 Å². The molecule has 1 atom stereocenters. The van der Waals surface area contributed by atoms with E-state index in [4.69, 9.17) is 14.6 Å². The van der Waals surface area contributed by atoms with Gasteiger partial charge in [-0.25, -0.2) is 9.78 Å². The third kappa shape index (κ3) is 6.50. The Balaban J connectivity index is 0.000000383. The first kappa shape index (κ1) is 24.6. The molecule has 1 amide bonds. The van der Waals surface area contributed by atoms with Crippen molar-refractivity contribution in [1.82, 2.24) is 24.6 Å². The molecule has 1 aliphatic heterocycles. The van der Waals surface area contributed by atoms with E-state index in [-0.39, 0.29) is 11.8 Å². The number of halogens is 3. The molecule has 180 valence electrons. The second-order valence-corrected chi connectivity index (χ2v) is 8.19. The molecule has 33 heavy (non-hydrogen) atoms. The summed E-state index contributed by atoms with van der Waals surface area (Å²) < 4.78 is 39.9. The summed E-state index contributed by atoms with van der Waals surface area (Å²) in [6.07, 6.45) is 5.02. The summed E-state index contributed by atoms with van der Waals surface area (Å²) in [5.41, 5.74) is 2.71. The Kier molecular flexibility index (Phi) is 8.01. The minimum Gasteiger partial charge on any atom is -0.475 e. The summed E-state index contributed by atoms with van der Waals surface area (Å²) in [5, 5.41) is 14.7. The van der Waals surface area contributed by atoms with Crippen molar-refractivity contribution >= 4 is 11.9 Å². The Morgan fingerprint density at radius 1 is 1.21 bits per heavy atom. The van der Waals surface area contributed by atoms with Crippen LogP contribution in [0.3, 0.4) is 0 Å². The average Bonchev–Trinajstić information content (AvgIpc) is 3.43.